The Morgan fingerprint density at radius 2 is 2.43 bits per heavy atom. The van der Waals surface area contributed by atoms with Gasteiger partial charge in [-0.25, -0.2) is 0 Å². The van der Waals surface area contributed by atoms with Crippen LogP contribution in [0.25, 0.3) is 0 Å². The molecule has 0 bridgehead atoms. The lowest BCUT2D eigenvalue weighted by Crippen LogP contribution is -2.49. The van der Waals surface area contributed by atoms with Gasteiger partial charge in [0.05, 0.1) is 10.9 Å². The molecule has 0 amide bonds. The summed E-state index contributed by atoms with van der Waals surface area (Å²) >= 11 is 7.99. The summed E-state index contributed by atoms with van der Waals surface area (Å²) in [6, 6.07) is 6.78. The lowest BCUT2D eigenvalue weighted by molar-refractivity contribution is -0.110. The van der Waals surface area contributed by atoms with Gasteiger partial charge >= 0.3 is 0 Å². The third-order valence-corrected chi connectivity index (χ3v) is 6.59. The van der Waals surface area contributed by atoms with Crippen molar-refractivity contribution in [3.05, 3.63) is 50.9 Å². The Hall–Kier alpha value is -0.940. The Morgan fingerprint density at radius 1 is 1.52 bits per heavy atom. The molecule has 0 N–H and O–H groups in total. The number of thiophene rings is 1. The molecule has 23 heavy (non-hydrogen) atoms. The van der Waals surface area contributed by atoms with E-state index in [9.17, 15) is 0 Å². The summed E-state index contributed by atoms with van der Waals surface area (Å²) in [5.41, 5.74) is 2.56. The van der Waals surface area contributed by atoms with Crippen molar-refractivity contribution >= 4 is 22.9 Å². The first kappa shape index (κ1) is 15.6. The second kappa shape index (κ2) is 6.17. The summed E-state index contributed by atoms with van der Waals surface area (Å²) < 4.78 is 7.22. The van der Waals surface area contributed by atoms with Crippen LogP contribution in [0.2, 0.25) is 4.34 Å². The van der Waals surface area contributed by atoms with Crippen LogP contribution >= 0.6 is 22.9 Å². The number of piperidine rings is 1. The fourth-order valence-corrected chi connectivity index (χ4v) is 5.42. The van der Waals surface area contributed by atoms with Crippen molar-refractivity contribution in [2.24, 2.45) is 0 Å². The average molecular weight is 349 g/mol. The smallest absolute Gasteiger partial charge is 0.105 e. The molecule has 122 valence electrons. The van der Waals surface area contributed by atoms with Gasteiger partial charge in [0.2, 0.25) is 0 Å². The third kappa shape index (κ3) is 2.93. The molecule has 2 aromatic rings. The van der Waals surface area contributed by atoms with E-state index in [2.05, 4.69) is 28.9 Å². The number of pyridine rings is 1. The molecule has 0 saturated carbocycles. The van der Waals surface area contributed by atoms with Crippen molar-refractivity contribution in [1.29, 1.82) is 0 Å². The number of hydrogen-bond acceptors (Lipinski definition) is 4. The molecule has 2 atom stereocenters. The molecule has 1 spiro atoms. The van der Waals surface area contributed by atoms with E-state index in [1.165, 1.54) is 16.0 Å². The van der Waals surface area contributed by atoms with Crippen molar-refractivity contribution in [2.75, 3.05) is 13.2 Å². The molecule has 4 heterocycles. The zero-order chi connectivity index (χ0) is 15.9. The minimum absolute atomic E-state index is 0.115. The van der Waals surface area contributed by atoms with E-state index >= 15 is 0 Å². The van der Waals surface area contributed by atoms with Gasteiger partial charge in [-0.1, -0.05) is 17.7 Å². The van der Waals surface area contributed by atoms with Crippen LogP contribution in [-0.4, -0.2) is 29.1 Å². The number of halogens is 1. The van der Waals surface area contributed by atoms with E-state index in [0.29, 0.717) is 6.04 Å². The maximum atomic E-state index is 6.33. The fraction of sp³-hybridized carbons (Fsp3) is 0.500. The van der Waals surface area contributed by atoms with Gasteiger partial charge < -0.3 is 4.74 Å². The van der Waals surface area contributed by atoms with Crippen molar-refractivity contribution in [1.82, 2.24) is 9.88 Å². The summed E-state index contributed by atoms with van der Waals surface area (Å²) in [5.74, 6) is 0. The normalized spacial score (nSPS) is 28.0. The van der Waals surface area contributed by atoms with E-state index in [-0.39, 0.29) is 5.60 Å². The average Bonchev–Trinajstić information content (AvgIpc) is 2.94. The van der Waals surface area contributed by atoms with Gasteiger partial charge in [0.15, 0.2) is 0 Å². The minimum Gasteiger partial charge on any atom is -0.369 e. The van der Waals surface area contributed by atoms with Crippen LogP contribution in [0.4, 0.5) is 0 Å². The van der Waals surface area contributed by atoms with Gasteiger partial charge in [-0.3, -0.25) is 9.88 Å². The monoisotopic (exact) mass is 348 g/mol. The number of aromatic nitrogens is 1. The molecule has 4 rings (SSSR count). The van der Waals surface area contributed by atoms with Crippen LogP contribution in [0.3, 0.4) is 0 Å². The molecular weight excluding hydrogens is 328 g/mol. The van der Waals surface area contributed by atoms with Crippen molar-refractivity contribution < 1.29 is 4.74 Å². The molecule has 2 aliphatic heterocycles. The Kier molecular flexibility index (Phi) is 4.18. The molecule has 0 aromatic carbocycles. The van der Waals surface area contributed by atoms with Crippen molar-refractivity contribution in [2.45, 2.75) is 44.4 Å². The molecule has 1 fully saturated rings. The van der Waals surface area contributed by atoms with Gasteiger partial charge in [-0.15, -0.1) is 11.3 Å². The first-order chi connectivity index (χ1) is 11.2. The van der Waals surface area contributed by atoms with Gasteiger partial charge in [0.1, 0.15) is 5.60 Å². The highest BCUT2D eigenvalue weighted by Gasteiger charge is 2.44. The number of fused-ring (bicyclic) bond motifs is 2. The quantitative estimate of drug-likeness (QED) is 0.811. The summed E-state index contributed by atoms with van der Waals surface area (Å²) in [4.78, 5) is 8.14. The molecule has 0 aliphatic carbocycles. The first-order valence-electron chi connectivity index (χ1n) is 8.22. The Morgan fingerprint density at radius 3 is 3.22 bits per heavy atom. The van der Waals surface area contributed by atoms with Crippen LogP contribution in [0.15, 0.2) is 30.6 Å². The van der Waals surface area contributed by atoms with Crippen LogP contribution in [0, 0.1) is 0 Å². The third-order valence-electron chi connectivity index (χ3n) is 5.10. The van der Waals surface area contributed by atoms with E-state index in [0.717, 1.165) is 43.3 Å². The molecular formula is C18H21ClN2OS. The molecule has 0 radical (unpaired) electrons. The maximum Gasteiger partial charge on any atom is 0.105 e. The first-order valence-corrected chi connectivity index (χ1v) is 9.41. The molecule has 2 aliphatic rings. The SMILES string of the molecule is C[C@H]1CC2(CCN1Cc1cccnc1)OCCc1cc(Cl)sc12. The van der Waals surface area contributed by atoms with Gasteiger partial charge in [0.25, 0.3) is 0 Å². The lowest BCUT2D eigenvalue weighted by atomic mass is 9.82. The predicted molar refractivity (Wildman–Crippen MR) is 94.0 cm³/mol. The van der Waals surface area contributed by atoms with Crippen LogP contribution in [-0.2, 0) is 23.3 Å². The predicted octanol–water partition coefficient (Wildman–Crippen LogP) is 4.25. The van der Waals surface area contributed by atoms with Crippen molar-refractivity contribution in [3.8, 4) is 0 Å². The molecule has 2 aromatic heterocycles. The number of nitrogens with zero attached hydrogens (tertiary/aromatic N) is 2. The Labute approximate surface area is 146 Å². The van der Waals surface area contributed by atoms with Crippen molar-refractivity contribution in [3.63, 3.8) is 0 Å². The van der Waals surface area contributed by atoms with E-state index in [4.69, 9.17) is 16.3 Å². The molecule has 3 nitrogen and oxygen atoms in total. The maximum absolute atomic E-state index is 6.33. The van der Waals surface area contributed by atoms with Gasteiger partial charge in [0, 0.05) is 36.4 Å². The Balaban J connectivity index is 1.53. The van der Waals surface area contributed by atoms with Crippen LogP contribution in [0.1, 0.15) is 35.8 Å². The lowest BCUT2D eigenvalue weighted by Gasteiger charge is -2.47. The number of likely N-dealkylation sites (tertiary alicyclic amines) is 1. The number of ether oxygens (including phenoxy) is 1. The van der Waals surface area contributed by atoms with Crippen LogP contribution in [0.5, 0.6) is 0 Å². The van der Waals surface area contributed by atoms with E-state index in [1.54, 1.807) is 11.3 Å². The van der Waals surface area contributed by atoms with Gasteiger partial charge in [-0.05, 0) is 49.4 Å². The summed E-state index contributed by atoms with van der Waals surface area (Å²) in [6.07, 6.45) is 6.87. The number of hydrogen-bond donors (Lipinski definition) is 0. The minimum atomic E-state index is -0.115. The highest BCUT2D eigenvalue weighted by Crippen LogP contribution is 2.47. The molecule has 1 unspecified atom stereocenters. The second-order valence-corrected chi connectivity index (χ2v) is 8.32. The van der Waals surface area contributed by atoms with E-state index in [1.807, 2.05) is 18.5 Å². The summed E-state index contributed by atoms with van der Waals surface area (Å²) in [6.45, 7) is 5.13. The van der Waals surface area contributed by atoms with Crippen LogP contribution < -0.4 is 0 Å². The summed E-state index contributed by atoms with van der Waals surface area (Å²) in [5, 5.41) is 0. The molecule has 1 saturated heterocycles. The standard InChI is InChI=1S/C18H21ClN2OS/c1-13-10-18(17-15(4-8-22-18)9-16(19)23-17)5-7-21(13)12-14-3-2-6-20-11-14/h2-3,6,9,11,13H,4-5,7-8,10,12H2,1H3/t13-,18?/m0/s1. The summed E-state index contributed by atoms with van der Waals surface area (Å²) in [7, 11) is 0. The highest BCUT2D eigenvalue weighted by atomic mass is 35.5. The highest BCUT2D eigenvalue weighted by molar-refractivity contribution is 7.16. The Bertz CT molecular complexity index is 690. The zero-order valence-corrected chi connectivity index (χ0v) is 14.9. The zero-order valence-electron chi connectivity index (χ0n) is 13.3. The fourth-order valence-electron chi connectivity index (χ4n) is 3.94. The molecule has 5 heteroatoms. The number of rotatable bonds is 2. The second-order valence-electron chi connectivity index (χ2n) is 6.63. The van der Waals surface area contributed by atoms with Gasteiger partial charge in [-0.2, -0.15) is 0 Å². The largest absolute Gasteiger partial charge is 0.369 e. The topological polar surface area (TPSA) is 25.4 Å². The van der Waals surface area contributed by atoms with E-state index < -0.39 is 0 Å².